The average molecular weight is 266 g/mol. The molecule has 0 radical (unpaired) electrons. The van der Waals surface area contributed by atoms with Gasteiger partial charge in [-0.1, -0.05) is 32.1 Å². The second-order valence-electron chi connectivity index (χ2n) is 5.53. The maximum Gasteiger partial charge on any atom is 0.185 e. The van der Waals surface area contributed by atoms with Crippen molar-refractivity contribution in [2.45, 2.75) is 39.5 Å². The van der Waals surface area contributed by atoms with Gasteiger partial charge >= 0.3 is 0 Å². The van der Waals surface area contributed by atoms with Crippen molar-refractivity contribution in [3.05, 3.63) is 10.6 Å². The summed E-state index contributed by atoms with van der Waals surface area (Å²) < 4.78 is 0. The summed E-state index contributed by atoms with van der Waals surface area (Å²) >= 11 is 1.53. The first-order chi connectivity index (χ1) is 8.56. The average Bonchev–Trinajstić information content (AvgIpc) is 2.91. The molecule has 0 aromatic carbocycles. The molecule has 0 amide bonds. The molecule has 3 unspecified atom stereocenters. The number of carbonyl (C=O) groups is 1. The van der Waals surface area contributed by atoms with Gasteiger partial charge in [0.1, 0.15) is 0 Å². The van der Waals surface area contributed by atoms with Crippen molar-refractivity contribution in [2.24, 2.45) is 11.8 Å². The summed E-state index contributed by atoms with van der Waals surface area (Å²) in [5.74, 6) is 2.03. The van der Waals surface area contributed by atoms with E-state index in [0.717, 1.165) is 46.8 Å². The Hall–Kier alpha value is -0.900. The van der Waals surface area contributed by atoms with Crippen LogP contribution in [0.3, 0.4) is 0 Å². The molecule has 0 spiro atoms. The van der Waals surface area contributed by atoms with Crippen LogP contribution in [0.25, 0.3) is 0 Å². The summed E-state index contributed by atoms with van der Waals surface area (Å²) in [6.07, 6.45) is 3.30. The van der Waals surface area contributed by atoms with E-state index >= 15 is 0 Å². The van der Waals surface area contributed by atoms with Crippen LogP contribution in [-0.4, -0.2) is 24.9 Å². The highest BCUT2D eigenvalue weighted by Crippen LogP contribution is 2.39. The number of aromatic nitrogens is 1. The Morgan fingerprint density at radius 2 is 2.28 bits per heavy atom. The Morgan fingerprint density at radius 3 is 2.78 bits per heavy atom. The molecule has 2 rings (SSSR count). The molecule has 0 aliphatic heterocycles. The van der Waals surface area contributed by atoms with Gasteiger partial charge in [0.15, 0.2) is 11.4 Å². The second kappa shape index (κ2) is 5.39. The van der Waals surface area contributed by atoms with Crippen molar-refractivity contribution in [3.8, 4) is 0 Å². The molecule has 1 aromatic heterocycles. The Labute approximate surface area is 113 Å². The Kier molecular flexibility index (Phi) is 4.05. The molecule has 1 fully saturated rings. The zero-order chi connectivity index (χ0) is 13.3. The van der Waals surface area contributed by atoms with Gasteiger partial charge in [-0.15, -0.1) is 0 Å². The molecular formula is C14H22N2OS. The third kappa shape index (κ3) is 2.74. The SMILES string of the molecule is CCC(C)c1nc(N(C)CC2CC2C)sc1C=O. The molecule has 1 saturated carbocycles. The van der Waals surface area contributed by atoms with Gasteiger partial charge < -0.3 is 4.90 Å². The summed E-state index contributed by atoms with van der Waals surface area (Å²) in [7, 11) is 2.08. The Bertz CT molecular complexity index is 429. The van der Waals surface area contributed by atoms with Gasteiger partial charge in [-0.05, 0) is 30.6 Å². The fourth-order valence-corrected chi connectivity index (χ4v) is 3.18. The molecule has 1 heterocycles. The first kappa shape index (κ1) is 13.5. The van der Waals surface area contributed by atoms with Gasteiger partial charge in [0.2, 0.25) is 0 Å². The normalized spacial score (nSPS) is 23.8. The van der Waals surface area contributed by atoms with E-state index in [1.807, 2.05) is 0 Å². The monoisotopic (exact) mass is 266 g/mol. The summed E-state index contributed by atoms with van der Waals surface area (Å²) in [5.41, 5.74) is 0.975. The summed E-state index contributed by atoms with van der Waals surface area (Å²) in [6, 6.07) is 0. The van der Waals surface area contributed by atoms with Gasteiger partial charge in [0.05, 0.1) is 10.6 Å². The van der Waals surface area contributed by atoms with Crippen LogP contribution in [0, 0.1) is 11.8 Å². The van der Waals surface area contributed by atoms with Crippen LogP contribution in [0.1, 0.15) is 54.9 Å². The first-order valence-electron chi connectivity index (χ1n) is 6.73. The highest BCUT2D eigenvalue weighted by molar-refractivity contribution is 7.17. The number of anilines is 1. The minimum Gasteiger partial charge on any atom is -0.351 e. The number of hydrogen-bond donors (Lipinski definition) is 0. The molecule has 18 heavy (non-hydrogen) atoms. The van der Waals surface area contributed by atoms with Gasteiger partial charge in [0.25, 0.3) is 0 Å². The summed E-state index contributed by atoms with van der Waals surface area (Å²) in [6.45, 7) is 7.62. The number of hydrogen-bond acceptors (Lipinski definition) is 4. The molecule has 1 aliphatic carbocycles. The molecule has 3 atom stereocenters. The Morgan fingerprint density at radius 1 is 1.61 bits per heavy atom. The van der Waals surface area contributed by atoms with Crippen molar-refractivity contribution in [1.29, 1.82) is 0 Å². The van der Waals surface area contributed by atoms with Crippen LogP contribution in [0.5, 0.6) is 0 Å². The van der Waals surface area contributed by atoms with Crippen LogP contribution >= 0.6 is 11.3 Å². The van der Waals surface area contributed by atoms with E-state index in [1.165, 1.54) is 17.8 Å². The number of nitrogens with zero attached hydrogens (tertiary/aromatic N) is 2. The highest BCUT2D eigenvalue weighted by Gasteiger charge is 2.34. The van der Waals surface area contributed by atoms with Crippen molar-refractivity contribution < 1.29 is 4.79 Å². The third-order valence-electron chi connectivity index (χ3n) is 3.97. The zero-order valence-electron chi connectivity index (χ0n) is 11.6. The molecule has 3 nitrogen and oxygen atoms in total. The van der Waals surface area contributed by atoms with Gasteiger partial charge in [-0.3, -0.25) is 4.79 Å². The quantitative estimate of drug-likeness (QED) is 0.738. The van der Waals surface area contributed by atoms with E-state index < -0.39 is 0 Å². The maximum atomic E-state index is 11.1. The number of rotatable bonds is 6. The van der Waals surface area contributed by atoms with Crippen LogP contribution in [0.15, 0.2) is 0 Å². The first-order valence-corrected chi connectivity index (χ1v) is 7.55. The molecule has 0 bridgehead atoms. The standard InChI is InChI=1S/C14H22N2OS/c1-5-9(2)13-12(8-17)18-14(15-13)16(4)7-11-6-10(11)3/h8-11H,5-7H2,1-4H3. The highest BCUT2D eigenvalue weighted by atomic mass is 32.1. The third-order valence-corrected chi connectivity index (χ3v) is 5.08. The van der Waals surface area contributed by atoms with Gasteiger partial charge in [-0.2, -0.15) is 0 Å². The van der Waals surface area contributed by atoms with Crippen molar-refractivity contribution in [2.75, 3.05) is 18.5 Å². The lowest BCUT2D eigenvalue weighted by molar-refractivity contribution is 0.112. The lowest BCUT2D eigenvalue weighted by Crippen LogP contribution is -2.20. The number of thiazole rings is 1. The van der Waals surface area contributed by atoms with Crippen molar-refractivity contribution in [3.63, 3.8) is 0 Å². The zero-order valence-corrected chi connectivity index (χ0v) is 12.5. The lowest BCUT2D eigenvalue weighted by atomic mass is 10.0. The molecule has 1 aliphatic rings. The molecule has 1 aromatic rings. The van der Waals surface area contributed by atoms with E-state index in [4.69, 9.17) is 0 Å². The van der Waals surface area contributed by atoms with E-state index in [2.05, 4.69) is 37.7 Å². The Balaban J connectivity index is 2.12. The fraction of sp³-hybridized carbons (Fsp3) is 0.714. The van der Waals surface area contributed by atoms with E-state index in [1.54, 1.807) is 0 Å². The minimum atomic E-state index is 0.364. The second-order valence-corrected chi connectivity index (χ2v) is 6.54. The minimum absolute atomic E-state index is 0.364. The van der Waals surface area contributed by atoms with E-state index in [-0.39, 0.29) is 0 Å². The van der Waals surface area contributed by atoms with Crippen LogP contribution < -0.4 is 4.90 Å². The lowest BCUT2D eigenvalue weighted by Gasteiger charge is -2.15. The largest absolute Gasteiger partial charge is 0.351 e. The van der Waals surface area contributed by atoms with Gasteiger partial charge in [0, 0.05) is 13.6 Å². The van der Waals surface area contributed by atoms with Crippen LogP contribution in [0.2, 0.25) is 0 Å². The molecule has 0 N–H and O–H groups in total. The topological polar surface area (TPSA) is 33.2 Å². The molecular weight excluding hydrogens is 244 g/mol. The van der Waals surface area contributed by atoms with Crippen molar-refractivity contribution >= 4 is 22.8 Å². The van der Waals surface area contributed by atoms with Gasteiger partial charge in [-0.25, -0.2) is 4.98 Å². The van der Waals surface area contributed by atoms with Crippen molar-refractivity contribution in [1.82, 2.24) is 4.98 Å². The summed E-state index contributed by atoms with van der Waals surface area (Å²) in [4.78, 5) is 18.8. The molecule has 100 valence electrons. The maximum absolute atomic E-state index is 11.1. The van der Waals surface area contributed by atoms with E-state index in [9.17, 15) is 4.79 Å². The fourth-order valence-electron chi connectivity index (χ4n) is 2.21. The van der Waals surface area contributed by atoms with Crippen LogP contribution in [0.4, 0.5) is 5.13 Å². The number of aldehydes is 1. The smallest absolute Gasteiger partial charge is 0.185 e. The van der Waals surface area contributed by atoms with Crippen LogP contribution in [-0.2, 0) is 0 Å². The molecule has 4 heteroatoms. The summed E-state index contributed by atoms with van der Waals surface area (Å²) in [5, 5.41) is 0.992. The van der Waals surface area contributed by atoms with E-state index in [0.29, 0.717) is 5.92 Å². The predicted octanol–water partition coefficient (Wildman–Crippen LogP) is 3.56. The molecule has 0 saturated heterocycles. The number of carbonyl (C=O) groups excluding carboxylic acids is 1. The predicted molar refractivity (Wildman–Crippen MR) is 76.7 cm³/mol.